The van der Waals surface area contributed by atoms with E-state index in [1.165, 1.54) is 12.5 Å². The van der Waals surface area contributed by atoms with E-state index in [9.17, 15) is 9.18 Å². The molecule has 0 spiro atoms. The molecule has 0 aliphatic heterocycles. The van der Waals surface area contributed by atoms with E-state index in [0.29, 0.717) is 10.6 Å². The maximum Gasteiger partial charge on any atom is 0.230 e. The van der Waals surface area contributed by atoms with Gasteiger partial charge in [0.1, 0.15) is 5.83 Å². The van der Waals surface area contributed by atoms with Gasteiger partial charge in [-0.05, 0) is 18.9 Å². The minimum absolute atomic E-state index is 0.0156. The van der Waals surface area contributed by atoms with Crippen LogP contribution in [0.2, 0.25) is 0 Å². The second kappa shape index (κ2) is 4.84. The zero-order valence-corrected chi connectivity index (χ0v) is 10.9. The molecule has 0 aromatic heterocycles. The van der Waals surface area contributed by atoms with Gasteiger partial charge in [-0.1, -0.05) is 26.2 Å². The molecule has 0 unspecified atom stereocenters. The van der Waals surface area contributed by atoms with Crippen molar-refractivity contribution in [2.75, 3.05) is 0 Å². The van der Waals surface area contributed by atoms with Gasteiger partial charge in [0.15, 0.2) is 0 Å². The summed E-state index contributed by atoms with van der Waals surface area (Å²) < 4.78 is 13.0. The average molecular weight is 255 g/mol. The molecule has 0 atom stereocenters. The van der Waals surface area contributed by atoms with Crippen LogP contribution in [0.5, 0.6) is 0 Å². The highest BCUT2D eigenvalue weighted by atomic mass is 32.1. The van der Waals surface area contributed by atoms with Crippen LogP contribution in [-0.4, -0.2) is 5.91 Å². The first-order chi connectivity index (χ1) is 8.01. The number of carbonyl (C=O) groups is 1. The summed E-state index contributed by atoms with van der Waals surface area (Å²) in [7, 11) is 0. The highest BCUT2D eigenvalue weighted by Crippen LogP contribution is 2.37. The normalized spacial score (nSPS) is 23.6. The van der Waals surface area contributed by atoms with E-state index in [0.717, 1.165) is 25.7 Å². The van der Waals surface area contributed by atoms with E-state index in [2.05, 4.69) is 17.9 Å². The maximum atomic E-state index is 13.0. The molecule has 0 saturated heterocycles. The quantitative estimate of drug-likeness (QED) is 0.727. The lowest BCUT2D eigenvalue weighted by molar-refractivity contribution is -0.131. The Morgan fingerprint density at radius 3 is 2.59 bits per heavy atom. The van der Waals surface area contributed by atoms with Crippen molar-refractivity contribution in [1.29, 1.82) is 0 Å². The lowest BCUT2D eigenvalue weighted by Crippen LogP contribution is -2.39. The molecule has 0 bridgehead atoms. The van der Waals surface area contributed by atoms with E-state index in [1.54, 1.807) is 0 Å². The van der Waals surface area contributed by atoms with Crippen molar-refractivity contribution in [3.05, 3.63) is 22.5 Å². The molecule has 0 heterocycles. The van der Waals surface area contributed by atoms with Crippen molar-refractivity contribution in [2.45, 2.75) is 45.4 Å². The summed E-state index contributed by atoms with van der Waals surface area (Å²) in [6.07, 6.45) is 6.78. The number of allylic oxidation sites excluding steroid dienone is 2. The number of nitrogens with one attached hydrogen (secondary N) is 1. The van der Waals surface area contributed by atoms with Gasteiger partial charge in [-0.25, -0.2) is 4.39 Å². The molecule has 2 aliphatic rings. The van der Waals surface area contributed by atoms with E-state index in [4.69, 9.17) is 0 Å². The first kappa shape index (κ1) is 12.7. The second-order valence-electron chi connectivity index (χ2n) is 5.21. The molecule has 1 amide bonds. The van der Waals surface area contributed by atoms with Gasteiger partial charge in [0.05, 0.1) is 0 Å². The minimum Gasteiger partial charge on any atom is -0.328 e. The Hall–Kier alpha value is -0.770. The van der Waals surface area contributed by atoms with Crippen LogP contribution in [0.4, 0.5) is 4.39 Å². The average Bonchev–Trinajstić information content (AvgIpc) is 2.58. The summed E-state index contributed by atoms with van der Waals surface area (Å²) in [5.74, 6) is -0.221. The standard InChI is InChI=1S/C13H18FNOS/c1-13(5-3-2-4-6-13)12(16)15-10-7-9(14)8-11(10)17/h8,17H,2-7H2,1H3,(H,15,16). The van der Waals surface area contributed by atoms with Crippen LogP contribution in [0, 0.1) is 5.41 Å². The van der Waals surface area contributed by atoms with Gasteiger partial charge in [-0.15, -0.1) is 12.6 Å². The Kier molecular flexibility index (Phi) is 3.61. The zero-order chi connectivity index (χ0) is 12.5. The monoisotopic (exact) mass is 255 g/mol. The van der Waals surface area contributed by atoms with Crippen LogP contribution in [-0.2, 0) is 4.79 Å². The van der Waals surface area contributed by atoms with Gasteiger partial charge in [0.2, 0.25) is 5.91 Å². The number of amides is 1. The Morgan fingerprint density at radius 1 is 1.41 bits per heavy atom. The third-order valence-corrected chi connectivity index (χ3v) is 4.12. The van der Waals surface area contributed by atoms with Crippen molar-refractivity contribution in [2.24, 2.45) is 5.41 Å². The fourth-order valence-corrected chi connectivity index (χ4v) is 2.78. The van der Waals surface area contributed by atoms with Gasteiger partial charge in [-0.2, -0.15) is 0 Å². The van der Waals surface area contributed by atoms with Crippen LogP contribution in [0.1, 0.15) is 45.4 Å². The first-order valence-electron chi connectivity index (χ1n) is 6.11. The molecule has 0 aromatic carbocycles. The highest BCUT2D eigenvalue weighted by Gasteiger charge is 2.35. The zero-order valence-electron chi connectivity index (χ0n) is 10.1. The third kappa shape index (κ3) is 2.73. The van der Waals surface area contributed by atoms with Crippen molar-refractivity contribution in [1.82, 2.24) is 5.32 Å². The Balaban J connectivity index is 2.00. The van der Waals surface area contributed by atoms with E-state index in [1.807, 2.05) is 6.92 Å². The van der Waals surface area contributed by atoms with Crippen molar-refractivity contribution >= 4 is 18.5 Å². The molecule has 2 nitrogen and oxygen atoms in total. The molecule has 0 radical (unpaired) electrons. The molecular weight excluding hydrogens is 237 g/mol. The number of thiol groups is 1. The number of rotatable bonds is 2. The van der Waals surface area contributed by atoms with Gasteiger partial charge in [0.25, 0.3) is 0 Å². The number of hydrogen-bond donors (Lipinski definition) is 2. The molecule has 1 N–H and O–H groups in total. The summed E-state index contributed by atoms with van der Waals surface area (Å²) in [5.41, 5.74) is 0.306. The summed E-state index contributed by atoms with van der Waals surface area (Å²) >= 11 is 4.16. The van der Waals surface area contributed by atoms with E-state index >= 15 is 0 Å². The first-order valence-corrected chi connectivity index (χ1v) is 6.56. The van der Waals surface area contributed by atoms with Gasteiger partial charge in [0, 0.05) is 22.4 Å². The van der Waals surface area contributed by atoms with Gasteiger partial charge >= 0.3 is 0 Å². The smallest absolute Gasteiger partial charge is 0.230 e. The second-order valence-corrected chi connectivity index (χ2v) is 5.69. The predicted octanol–water partition coefficient (Wildman–Crippen LogP) is 3.47. The molecule has 0 aromatic rings. The van der Waals surface area contributed by atoms with Crippen molar-refractivity contribution < 1.29 is 9.18 Å². The van der Waals surface area contributed by atoms with Gasteiger partial charge < -0.3 is 5.32 Å². The molecule has 94 valence electrons. The molecule has 1 saturated carbocycles. The van der Waals surface area contributed by atoms with Crippen LogP contribution < -0.4 is 5.32 Å². The van der Waals surface area contributed by atoms with E-state index in [-0.39, 0.29) is 23.6 Å². The summed E-state index contributed by atoms with van der Waals surface area (Å²) in [4.78, 5) is 12.7. The Morgan fingerprint density at radius 2 is 2.06 bits per heavy atom. The van der Waals surface area contributed by atoms with Crippen LogP contribution >= 0.6 is 12.6 Å². The minimum atomic E-state index is -0.293. The molecule has 17 heavy (non-hydrogen) atoms. The summed E-state index contributed by atoms with van der Waals surface area (Å²) in [6.45, 7) is 2.00. The van der Waals surface area contributed by atoms with Gasteiger partial charge in [-0.3, -0.25) is 4.79 Å². The molecule has 1 fully saturated rings. The van der Waals surface area contributed by atoms with Crippen LogP contribution in [0.3, 0.4) is 0 Å². The maximum absolute atomic E-state index is 13.0. The predicted molar refractivity (Wildman–Crippen MR) is 69.2 cm³/mol. The van der Waals surface area contributed by atoms with E-state index < -0.39 is 0 Å². The lowest BCUT2D eigenvalue weighted by Gasteiger charge is -2.32. The molecule has 2 aliphatic carbocycles. The molecule has 2 rings (SSSR count). The highest BCUT2D eigenvalue weighted by molar-refractivity contribution is 7.84. The molecular formula is C13H18FNOS. The van der Waals surface area contributed by atoms with Crippen molar-refractivity contribution in [3.63, 3.8) is 0 Å². The fourth-order valence-electron chi connectivity index (χ4n) is 2.50. The van der Waals surface area contributed by atoms with Crippen molar-refractivity contribution in [3.8, 4) is 0 Å². The topological polar surface area (TPSA) is 29.1 Å². The number of carbonyl (C=O) groups excluding carboxylic acids is 1. The summed E-state index contributed by atoms with van der Waals surface area (Å²) in [5, 5.41) is 2.84. The van der Waals surface area contributed by atoms with Crippen LogP contribution in [0.15, 0.2) is 22.5 Å². The number of hydrogen-bond acceptors (Lipinski definition) is 2. The number of halogens is 1. The largest absolute Gasteiger partial charge is 0.328 e. The fraction of sp³-hybridized carbons (Fsp3) is 0.615. The third-order valence-electron chi connectivity index (χ3n) is 3.72. The lowest BCUT2D eigenvalue weighted by atomic mass is 9.75. The Bertz CT molecular complexity index is 394. The molecule has 4 heteroatoms. The summed E-state index contributed by atoms with van der Waals surface area (Å²) in [6, 6.07) is 0. The Labute approximate surface area is 107 Å². The SMILES string of the molecule is CC1(C(=O)NC2=C(S)C=C(F)C2)CCCCC1. The van der Waals surface area contributed by atoms with Crippen LogP contribution in [0.25, 0.3) is 0 Å².